The molecule has 0 radical (unpaired) electrons. The van der Waals surface area contributed by atoms with Crippen LogP contribution in [0.2, 0.25) is 0 Å². The summed E-state index contributed by atoms with van der Waals surface area (Å²) in [6, 6.07) is 5.26. The minimum absolute atomic E-state index is 0.0733. The maximum atomic E-state index is 11.8. The van der Waals surface area contributed by atoms with Gasteiger partial charge in [-0.3, -0.25) is 9.59 Å². The molecule has 0 N–H and O–H groups in total. The fourth-order valence-corrected chi connectivity index (χ4v) is 1.82. The van der Waals surface area contributed by atoms with Crippen LogP contribution in [0.5, 0.6) is 5.75 Å². The van der Waals surface area contributed by atoms with E-state index >= 15 is 0 Å². The summed E-state index contributed by atoms with van der Waals surface area (Å²) >= 11 is 0. The molecule has 0 saturated heterocycles. The SMILES string of the molecule is COC(=O)Cc1ccc2c(c1)C(=O)CCCO2. The molecule has 0 atom stereocenters. The Balaban J connectivity index is 2.28. The van der Waals surface area contributed by atoms with Gasteiger partial charge in [0.1, 0.15) is 5.75 Å². The molecule has 4 nitrogen and oxygen atoms in total. The van der Waals surface area contributed by atoms with Gasteiger partial charge in [-0.15, -0.1) is 0 Å². The predicted molar refractivity (Wildman–Crippen MR) is 61.2 cm³/mol. The first-order valence-electron chi connectivity index (χ1n) is 5.56. The zero-order valence-corrected chi connectivity index (χ0v) is 9.69. The van der Waals surface area contributed by atoms with Crippen LogP contribution in [0.15, 0.2) is 18.2 Å². The number of methoxy groups -OCH3 is 1. The minimum Gasteiger partial charge on any atom is -0.493 e. The summed E-state index contributed by atoms with van der Waals surface area (Å²) in [6.45, 7) is 0.565. The molecule has 0 aromatic heterocycles. The number of ether oxygens (including phenoxy) is 2. The van der Waals surface area contributed by atoms with E-state index in [4.69, 9.17) is 4.74 Å². The number of Topliss-reactive ketones (excluding diaryl/α,β-unsaturated/α-hetero) is 1. The fourth-order valence-electron chi connectivity index (χ4n) is 1.82. The van der Waals surface area contributed by atoms with Crippen LogP contribution < -0.4 is 4.74 Å². The molecule has 0 fully saturated rings. The third kappa shape index (κ3) is 2.64. The smallest absolute Gasteiger partial charge is 0.309 e. The highest BCUT2D eigenvalue weighted by Crippen LogP contribution is 2.25. The number of hydrogen-bond acceptors (Lipinski definition) is 4. The number of carbonyl (C=O) groups is 2. The van der Waals surface area contributed by atoms with Gasteiger partial charge < -0.3 is 9.47 Å². The molecule has 90 valence electrons. The molecule has 2 rings (SSSR count). The first kappa shape index (κ1) is 11.6. The Morgan fingerprint density at radius 2 is 2.29 bits per heavy atom. The normalized spacial score (nSPS) is 14.5. The Labute approximate surface area is 99.5 Å². The molecule has 0 saturated carbocycles. The molecular weight excluding hydrogens is 220 g/mol. The Morgan fingerprint density at radius 3 is 3.06 bits per heavy atom. The van der Waals surface area contributed by atoms with Crippen molar-refractivity contribution in [1.29, 1.82) is 0 Å². The highest BCUT2D eigenvalue weighted by atomic mass is 16.5. The van der Waals surface area contributed by atoms with Crippen LogP contribution in [0.3, 0.4) is 0 Å². The van der Waals surface area contributed by atoms with Crippen LogP contribution >= 0.6 is 0 Å². The summed E-state index contributed by atoms with van der Waals surface area (Å²) in [5, 5.41) is 0. The molecule has 1 aliphatic heterocycles. The van der Waals surface area contributed by atoms with E-state index in [9.17, 15) is 9.59 Å². The number of benzene rings is 1. The van der Waals surface area contributed by atoms with Gasteiger partial charge in [-0.05, 0) is 24.1 Å². The van der Waals surface area contributed by atoms with E-state index in [2.05, 4.69) is 4.74 Å². The summed E-state index contributed by atoms with van der Waals surface area (Å²) in [6.07, 6.45) is 1.41. The number of ketones is 1. The average molecular weight is 234 g/mol. The quantitative estimate of drug-likeness (QED) is 0.732. The Bertz CT molecular complexity index is 451. The van der Waals surface area contributed by atoms with Crippen molar-refractivity contribution in [3.05, 3.63) is 29.3 Å². The van der Waals surface area contributed by atoms with E-state index < -0.39 is 0 Å². The number of fused-ring (bicyclic) bond motifs is 1. The first-order chi connectivity index (χ1) is 8.20. The maximum Gasteiger partial charge on any atom is 0.309 e. The lowest BCUT2D eigenvalue weighted by Gasteiger charge is -2.07. The molecule has 1 aromatic carbocycles. The number of esters is 1. The number of rotatable bonds is 2. The Kier molecular flexibility index (Phi) is 3.42. The number of hydrogen-bond donors (Lipinski definition) is 0. The van der Waals surface area contributed by atoms with Crippen LogP contribution in [0.1, 0.15) is 28.8 Å². The lowest BCUT2D eigenvalue weighted by Crippen LogP contribution is -2.06. The highest BCUT2D eigenvalue weighted by Gasteiger charge is 2.17. The lowest BCUT2D eigenvalue weighted by molar-refractivity contribution is -0.139. The Hall–Kier alpha value is -1.84. The second-order valence-electron chi connectivity index (χ2n) is 3.96. The van der Waals surface area contributed by atoms with Crippen molar-refractivity contribution in [2.45, 2.75) is 19.3 Å². The van der Waals surface area contributed by atoms with Gasteiger partial charge in [0.25, 0.3) is 0 Å². The zero-order valence-electron chi connectivity index (χ0n) is 9.69. The molecule has 0 bridgehead atoms. The first-order valence-corrected chi connectivity index (χ1v) is 5.56. The minimum atomic E-state index is -0.313. The molecule has 0 aliphatic carbocycles. The number of carbonyl (C=O) groups excluding carboxylic acids is 2. The van der Waals surface area contributed by atoms with E-state index in [1.165, 1.54) is 7.11 Å². The van der Waals surface area contributed by atoms with E-state index in [0.717, 1.165) is 12.0 Å². The van der Waals surface area contributed by atoms with Gasteiger partial charge in [0, 0.05) is 6.42 Å². The predicted octanol–water partition coefficient (Wildman–Crippen LogP) is 1.76. The molecule has 4 heteroatoms. The van der Waals surface area contributed by atoms with Crippen molar-refractivity contribution in [3.8, 4) is 5.75 Å². The topological polar surface area (TPSA) is 52.6 Å². The molecule has 0 spiro atoms. The van der Waals surface area contributed by atoms with Gasteiger partial charge in [0.15, 0.2) is 5.78 Å². The largest absolute Gasteiger partial charge is 0.493 e. The maximum absolute atomic E-state index is 11.8. The monoisotopic (exact) mass is 234 g/mol. The summed E-state index contributed by atoms with van der Waals surface area (Å²) in [5.74, 6) is 0.372. The van der Waals surface area contributed by atoms with Crippen molar-refractivity contribution < 1.29 is 19.1 Å². The van der Waals surface area contributed by atoms with E-state index in [1.54, 1.807) is 18.2 Å². The highest BCUT2D eigenvalue weighted by molar-refractivity contribution is 5.99. The van der Waals surface area contributed by atoms with Crippen LogP contribution in [-0.4, -0.2) is 25.5 Å². The van der Waals surface area contributed by atoms with E-state index in [1.807, 2.05) is 0 Å². The molecule has 0 unspecified atom stereocenters. The van der Waals surface area contributed by atoms with E-state index in [-0.39, 0.29) is 18.2 Å². The standard InChI is InChI=1S/C13H14O4/c1-16-13(15)8-9-4-5-12-10(7-9)11(14)3-2-6-17-12/h4-5,7H,2-3,6,8H2,1H3. The Morgan fingerprint density at radius 1 is 1.47 bits per heavy atom. The third-order valence-corrected chi connectivity index (χ3v) is 2.73. The van der Waals surface area contributed by atoms with Crippen LogP contribution in [0.25, 0.3) is 0 Å². The van der Waals surface area contributed by atoms with Crippen molar-refractivity contribution >= 4 is 11.8 Å². The summed E-state index contributed by atoms with van der Waals surface area (Å²) in [5.41, 5.74) is 1.35. The summed E-state index contributed by atoms with van der Waals surface area (Å²) < 4.78 is 10.1. The van der Waals surface area contributed by atoms with Gasteiger partial charge in [0.05, 0.1) is 25.7 Å². The van der Waals surface area contributed by atoms with Crippen LogP contribution in [0, 0.1) is 0 Å². The molecule has 1 aliphatic rings. The van der Waals surface area contributed by atoms with Crippen LogP contribution in [-0.2, 0) is 16.0 Å². The molecule has 17 heavy (non-hydrogen) atoms. The van der Waals surface area contributed by atoms with Gasteiger partial charge >= 0.3 is 5.97 Å². The van der Waals surface area contributed by atoms with Crippen LogP contribution in [0.4, 0.5) is 0 Å². The second-order valence-corrected chi connectivity index (χ2v) is 3.96. The van der Waals surface area contributed by atoms with Gasteiger partial charge in [-0.2, -0.15) is 0 Å². The fraction of sp³-hybridized carbons (Fsp3) is 0.385. The third-order valence-electron chi connectivity index (χ3n) is 2.73. The lowest BCUT2D eigenvalue weighted by atomic mass is 10.0. The molecule has 1 aromatic rings. The van der Waals surface area contributed by atoms with Gasteiger partial charge in [-0.25, -0.2) is 0 Å². The van der Waals surface area contributed by atoms with Crippen molar-refractivity contribution in [1.82, 2.24) is 0 Å². The average Bonchev–Trinajstić information content (AvgIpc) is 2.52. The van der Waals surface area contributed by atoms with Gasteiger partial charge in [0.2, 0.25) is 0 Å². The van der Waals surface area contributed by atoms with E-state index in [0.29, 0.717) is 24.3 Å². The molecule has 1 heterocycles. The summed E-state index contributed by atoms with van der Waals surface area (Å²) in [4.78, 5) is 23.0. The van der Waals surface area contributed by atoms with Crippen molar-refractivity contribution in [3.63, 3.8) is 0 Å². The second kappa shape index (κ2) is 4.99. The van der Waals surface area contributed by atoms with Crippen molar-refractivity contribution in [2.24, 2.45) is 0 Å². The molecular formula is C13H14O4. The van der Waals surface area contributed by atoms with Crippen molar-refractivity contribution in [2.75, 3.05) is 13.7 Å². The summed E-state index contributed by atoms with van der Waals surface area (Å²) in [7, 11) is 1.35. The van der Waals surface area contributed by atoms with Gasteiger partial charge in [-0.1, -0.05) is 6.07 Å². The zero-order chi connectivity index (χ0) is 12.3. The molecule has 0 amide bonds.